The molecule has 0 aliphatic heterocycles. The molecular weight excluding hydrogens is 264 g/mol. The van der Waals surface area contributed by atoms with Crippen LogP contribution in [0.5, 0.6) is 0 Å². The van der Waals surface area contributed by atoms with Gasteiger partial charge >= 0.3 is 0 Å². The Labute approximate surface area is 133 Å². The second kappa shape index (κ2) is 4.98. The third-order valence-electron chi connectivity index (χ3n) is 6.49. The number of hydrogen-bond acceptors (Lipinski definition) is 0. The number of hydrogen-bond donors (Lipinski definition) is 0. The van der Waals surface area contributed by atoms with E-state index in [0.717, 1.165) is 23.7 Å². The molecule has 22 heavy (non-hydrogen) atoms. The Morgan fingerprint density at radius 3 is 2.95 bits per heavy atom. The molecule has 0 aromatic heterocycles. The molecule has 4 aliphatic carbocycles. The third kappa shape index (κ3) is 1.89. The SMILES string of the molecule is [c]1ccccc1C1=CC=CC(=C2CC3CC2C2CCCC32)[CH]1. The zero-order valence-electron chi connectivity index (χ0n) is 13.0. The fourth-order valence-corrected chi connectivity index (χ4v) is 5.64. The molecule has 2 bridgehead atoms. The van der Waals surface area contributed by atoms with E-state index < -0.39 is 0 Å². The van der Waals surface area contributed by atoms with Crippen LogP contribution in [0, 0.1) is 36.2 Å². The summed E-state index contributed by atoms with van der Waals surface area (Å²) in [6, 6.07) is 11.7. The Morgan fingerprint density at radius 1 is 1.09 bits per heavy atom. The number of fused-ring (bicyclic) bond motifs is 5. The molecule has 0 spiro atoms. The van der Waals surface area contributed by atoms with Crippen molar-refractivity contribution in [2.45, 2.75) is 32.1 Å². The monoisotopic (exact) mass is 286 g/mol. The number of benzene rings is 1. The lowest BCUT2D eigenvalue weighted by Gasteiger charge is -2.29. The lowest BCUT2D eigenvalue weighted by molar-refractivity contribution is 0.304. The molecule has 4 unspecified atom stereocenters. The lowest BCUT2D eigenvalue weighted by atomic mass is 9.76. The van der Waals surface area contributed by atoms with Gasteiger partial charge in [0.05, 0.1) is 0 Å². The minimum atomic E-state index is 0.896. The van der Waals surface area contributed by atoms with Gasteiger partial charge in [-0.1, -0.05) is 54.5 Å². The first kappa shape index (κ1) is 12.9. The van der Waals surface area contributed by atoms with Gasteiger partial charge in [-0.05, 0) is 72.1 Å². The van der Waals surface area contributed by atoms with E-state index in [1.165, 1.54) is 48.8 Å². The molecule has 0 N–H and O–H groups in total. The van der Waals surface area contributed by atoms with Crippen molar-refractivity contribution in [2.75, 3.05) is 0 Å². The Bertz CT molecular complexity index is 673. The van der Waals surface area contributed by atoms with Gasteiger partial charge in [-0.3, -0.25) is 0 Å². The van der Waals surface area contributed by atoms with Gasteiger partial charge in [0.1, 0.15) is 0 Å². The van der Waals surface area contributed by atoms with Crippen molar-refractivity contribution >= 4 is 5.57 Å². The first-order valence-electron chi connectivity index (χ1n) is 8.83. The van der Waals surface area contributed by atoms with Crippen molar-refractivity contribution in [1.29, 1.82) is 0 Å². The third-order valence-corrected chi connectivity index (χ3v) is 6.49. The molecule has 1 aromatic carbocycles. The van der Waals surface area contributed by atoms with Gasteiger partial charge in [0, 0.05) is 6.42 Å². The first-order valence-corrected chi connectivity index (χ1v) is 8.83. The molecule has 110 valence electrons. The number of rotatable bonds is 1. The van der Waals surface area contributed by atoms with Crippen LogP contribution in [-0.2, 0) is 0 Å². The predicted octanol–water partition coefficient (Wildman–Crippen LogP) is 5.40. The van der Waals surface area contributed by atoms with Gasteiger partial charge in [-0.25, -0.2) is 0 Å². The summed E-state index contributed by atoms with van der Waals surface area (Å²) in [5, 5.41) is 0. The molecule has 0 heterocycles. The fraction of sp³-hybridized carbons (Fsp3) is 0.409. The lowest BCUT2D eigenvalue weighted by Crippen LogP contribution is -2.19. The highest BCUT2D eigenvalue weighted by molar-refractivity contribution is 5.79. The van der Waals surface area contributed by atoms with E-state index in [2.05, 4.69) is 42.8 Å². The van der Waals surface area contributed by atoms with Crippen molar-refractivity contribution in [1.82, 2.24) is 0 Å². The summed E-state index contributed by atoms with van der Waals surface area (Å²) in [6.07, 6.45) is 16.5. The Balaban J connectivity index is 1.46. The topological polar surface area (TPSA) is 0 Å². The van der Waals surface area contributed by atoms with E-state index in [1.54, 1.807) is 5.57 Å². The second-order valence-corrected chi connectivity index (χ2v) is 7.45. The highest BCUT2D eigenvalue weighted by Gasteiger charge is 2.51. The van der Waals surface area contributed by atoms with Crippen LogP contribution in [0.25, 0.3) is 5.57 Å². The number of allylic oxidation sites excluding steroid dienone is 6. The molecule has 3 fully saturated rings. The molecule has 3 saturated carbocycles. The van der Waals surface area contributed by atoms with E-state index in [-0.39, 0.29) is 0 Å². The summed E-state index contributed by atoms with van der Waals surface area (Å²) < 4.78 is 0. The Kier molecular flexibility index (Phi) is 2.93. The van der Waals surface area contributed by atoms with Crippen LogP contribution in [0.3, 0.4) is 0 Å². The van der Waals surface area contributed by atoms with Crippen molar-refractivity contribution < 1.29 is 0 Å². The standard InChI is InChI=1S/C22H22/c1-2-6-15(7-3-1)16-8-4-9-17(12-16)21-13-18-14-22(21)20-11-5-10-19(18)20/h1-4,6,8-9,12,18-20,22H,5,10-11,13-14H2. The highest BCUT2D eigenvalue weighted by Crippen LogP contribution is 2.61. The molecule has 0 heteroatoms. The van der Waals surface area contributed by atoms with Crippen LogP contribution in [0.2, 0.25) is 0 Å². The van der Waals surface area contributed by atoms with E-state index in [4.69, 9.17) is 0 Å². The Hall–Kier alpha value is -1.56. The maximum Gasteiger partial charge on any atom is 0.0205 e. The van der Waals surface area contributed by atoms with Crippen LogP contribution in [-0.4, -0.2) is 0 Å². The minimum absolute atomic E-state index is 0.896. The average molecular weight is 286 g/mol. The molecule has 2 radical (unpaired) electrons. The molecule has 1 aromatic rings. The largest absolute Gasteiger partial charge is 0.0627 e. The summed E-state index contributed by atoms with van der Waals surface area (Å²) in [4.78, 5) is 0. The Morgan fingerprint density at radius 2 is 2.05 bits per heavy atom. The molecule has 0 nitrogen and oxygen atoms in total. The van der Waals surface area contributed by atoms with Crippen molar-refractivity contribution in [3.05, 3.63) is 71.7 Å². The normalized spacial score (nSPS) is 39.2. The first-order chi connectivity index (χ1) is 10.9. The van der Waals surface area contributed by atoms with Crippen LogP contribution in [0.4, 0.5) is 0 Å². The van der Waals surface area contributed by atoms with E-state index >= 15 is 0 Å². The van der Waals surface area contributed by atoms with Crippen LogP contribution in [0.1, 0.15) is 37.7 Å². The van der Waals surface area contributed by atoms with E-state index in [1.807, 2.05) is 12.1 Å². The summed E-state index contributed by atoms with van der Waals surface area (Å²) in [6.45, 7) is 0. The maximum absolute atomic E-state index is 3.36. The molecular formula is C22H22. The van der Waals surface area contributed by atoms with Gasteiger partial charge in [0.25, 0.3) is 0 Å². The quantitative estimate of drug-likeness (QED) is 0.648. The van der Waals surface area contributed by atoms with Gasteiger partial charge in [-0.2, -0.15) is 0 Å². The van der Waals surface area contributed by atoms with E-state index in [0.29, 0.717) is 0 Å². The molecule has 5 rings (SSSR count). The van der Waals surface area contributed by atoms with Crippen molar-refractivity contribution in [3.8, 4) is 0 Å². The van der Waals surface area contributed by atoms with Crippen LogP contribution in [0.15, 0.2) is 53.6 Å². The second-order valence-electron chi connectivity index (χ2n) is 7.45. The van der Waals surface area contributed by atoms with E-state index in [9.17, 15) is 0 Å². The maximum atomic E-state index is 3.36. The average Bonchev–Trinajstić information content (AvgIpc) is 3.28. The summed E-state index contributed by atoms with van der Waals surface area (Å²) in [5.74, 6) is 3.98. The highest BCUT2D eigenvalue weighted by atomic mass is 14.6. The zero-order chi connectivity index (χ0) is 14.5. The summed E-state index contributed by atoms with van der Waals surface area (Å²) in [5.41, 5.74) is 5.81. The zero-order valence-corrected chi connectivity index (χ0v) is 13.0. The molecule has 4 aliphatic rings. The molecule has 0 amide bonds. The van der Waals surface area contributed by atoms with Gasteiger partial charge in [-0.15, -0.1) is 0 Å². The fourth-order valence-electron chi connectivity index (χ4n) is 5.64. The van der Waals surface area contributed by atoms with Gasteiger partial charge in [0.2, 0.25) is 0 Å². The predicted molar refractivity (Wildman–Crippen MR) is 90.8 cm³/mol. The summed E-state index contributed by atoms with van der Waals surface area (Å²) in [7, 11) is 0. The van der Waals surface area contributed by atoms with Crippen molar-refractivity contribution in [2.24, 2.45) is 23.7 Å². The van der Waals surface area contributed by atoms with Crippen LogP contribution < -0.4 is 0 Å². The summed E-state index contributed by atoms with van der Waals surface area (Å²) >= 11 is 0. The molecule has 4 atom stereocenters. The molecule has 0 saturated heterocycles. The minimum Gasteiger partial charge on any atom is -0.0627 e. The van der Waals surface area contributed by atoms with Crippen LogP contribution >= 0.6 is 0 Å². The van der Waals surface area contributed by atoms with Gasteiger partial charge < -0.3 is 0 Å². The van der Waals surface area contributed by atoms with Crippen molar-refractivity contribution in [3.63, 3.8) is 0 Å². The smallest absolute Gasteiger partial charge is 0.0205 e. The van der Waals surface area contributed by atoms with Gasteiger partial charge in [0.15, 0.2) is 0 Å².